The van der Waals surface area contributed by atoms with E-state index in [0.717, 1.165) is 38.6 Å². The molecule has 0 aliphatic carbocycles. The molecule has 0 radical (unpaired) electrons. The maximum atomic E-state index is 5.49. The van der Waals surface area contributed by atoms with Gasteiger partial charge in [0, 0.05) is 37.9 Å². The molecule has 2 N–H and O–H groups in total. The zero-order valence-electron chi connectivity index (χ0n) is 13.7. The number of guanidine groups is 1. The number of halogens is 1. The van der Waals surface area contributed by atoms with Gasteiger partial charge in [0.05, 0.1) is 0 Å². The first-order valence-corrected chi connectivity index (χ1v) is 7.03. The molecule has 5 nitrogen and oxygen atoms in total. The summed E-state index contributed by atoms with van der Waals surface area (Å²) in [6.07, 6.45) is 2.11. The summed E-state index contributed by atoms with van der Waals surface area (Å²) < 4.78 is 5.49. The second-order valence-electron chi connectivity index (χ2n) is 6.53. The Hall–Kier alpha value is -0.0800. The fourth-order valence-corrected chi connectivity index (χ4v) is 2.32. The summed E-state index contributed by atoms with van der Waals surface area (Å²) in [5.41, 5.74) is 0.177. The van der Waals surface area contributed by atoms with Crippen LogP contribution in [-0.4, -0.2) is 62.8 Å². The minimum atomic E-state index is 0. The summed E-state index contributed by atoms with van der Waals surface area (Å²) in [5.74, 6) is 0.861. The smallest absolute Gasteiger partial charge is 0.191 e. The summed E-state index contributed by atoms with van der Waals surface area (Å²) in [7, 11) is 6.10. The van der Waals surface area contributed by atoms with E-state index in [9.17, 15) is 0 Å². The number of likely N-dealkylation sites (N-methyl/N-ethyl adjacent to an activating group) is 1. The average molecular weight is 398 g/mol. The lowest BCUT2D eigenvalue weighted by atomic mass is 9.88. The standard InChI is InChI=1S/C14H30N4O.HI/c1-13(2,3)17-12(15-4)16-11-14(18(5)6)7-9-19-10-8-14;/h7-11H2,1-6H3,(H2,15,16,17);1H. The summed E-state index contributed by atoms with van der Waals surface area (Å²) in [6, 6.07) is 0. The van der Waals surface area contributed by atoms with Crippen LogP contribution in [0.3, 0.4) is 0 Å². The van der Waals surface area contributed by atoms with Crippen LogP contribution >= 0.6 is 24.0 Å². The second-order valence-corrected chi connectivity index (χ2v) is 6.53. The Labute approximate surface area is 140 Å². The molecule has 1 aliphatic rings. The predicted octanol–water partition coefficient (Wildman–Crippen LogP) is 1.68. The van der Waals surface area contributed by atoms with Crippen molar-refractivity contribution in [1.29, 1.82) is 0 Å². The minimum Gasteiger partial charge on any atom is -0.381 e. The third-order valence-electron chi connectivity index (χ3n) is 3.67. The van der Waals surface area contributed by atoms with Gasteiger partial charge in [-0.25, -0.2) is 0 Å². The van der Waals surface area contributed by atoms with Gasteiger partial charge in [-0.05, 0) is 47.7 Å². The Morgan fingerprint density at radius 2 is 1.80 bits per heavy atom. The number of ether oxygens (including phenoxy) is 1. The highest BCUT2D eigenvalue weighted by atomic mass is 127. The van der Waals surface area contributed by atoms with Gasteiger partial charge in [-0.3, -0.25) is 4.99 Å². The fourth-order valence-electron chi connectivity index (χ4n) is 2.32. The molecular weight excluding hydrogens is 367 g/mol. The first-order chi connectivity index (χ1) is 8.79. The maximum Gasteiger partial charge on any atom is 0.191 e. The lowest BCUT2D eigenvalue weighted by molar-refractivity contribution is -0.00505. The lowest BCUT2D eigenvalue weighted by Gasteiger charge is -2.43. The number of hydrogen-bond donors (Lipinski definition) is 2. The third-order valence-corrected chi connectivity index (χ3v) is 3.67. The molecule has 0 atom stereocenters. The van der Waals surface area contributed by atoms with E-state index in [-0.39, 0.29) is 35.1 Å². The van der Waals surface area contributed by atoms with Crippen molar-refractivity contribution in [3.8, 4) is 0 Å². The summed E-state index contributed by atoms with van der Waals surface area (Å²) >= 11 is 0. The summed E-state index contributed by atoms with van der Waals surface area (Å²) in [6.45, 7) is 8.97. The largest absolute Gasteiger partial charge is 0.381 e. The number of aliphatic imine (C=N–C) groups is 1. The molecule has 0 aromatic carbocycles. The number of rotatable bonds is 3. The van der Waals surface area contributed by atoms with Crippen LogP contribution in [0.15, 0.2) is 4.99 Å². The van der Waals surface area contributed by atoms with Gasteiger partial charge >= 0.3 is 0 Å². The van der Waals surface area contributed by atoms with Crippen molar-refractivity contribution < 1.29 is 4.74 Å². The third kappa shape index (κ3) is 6.13. The number of hydrogen-bond acceptors (Lipinski definition) is 3. The quantitative estimate of drug-likeness (QED) is 0.432. The van der Waals surface area contributed by atoms with Crippen LogP contribution in [0.4, 0.5) is 0 Å². The van der Waals surface area contributed by atoms with Crippen LogP contribution in [0, 0.1) is 0 Å². The van der Waals surface area contributed by atoms with E-state index >= 15 is 0 Å². The van der Waals surface area contributed by atoms with Crippen molar-refractivity contribution in [2.45, 2.75) is 44.7 Å². The zero-order chi connectivity index (χ0) is 14.5. The van der Waals surface area contributed by atoms with Gasteiger partial charge in [0.25, 0.3) is 0 Å². The number of nitrogens with one attached hydrogen (secondary N) is 2. The monoisotopic (exact) mass is 398 g/mol. The highest BCUT2D eigenvalue weighted by Gasteiger charge is 2.34. The van der Waals surface area contributed by atoms with Crippen LogP contribution in [0.2, 0.25) is 0 Å². The molecule has 0 unspecified atom stereocenters. The SMILES string of the molecule is CN=C(NCC1(N(C)C)CCOCC1)NC(C)(C)C.I. The molecule has 0 aromatic heterocycles. The van der Waals surface area contributed by atoms with Gasteiger partial charge < -0.3 is 20.3 Å². The van der Waals surface area contributed by atoms with Crippen LogP contribution < -0.4 is 10.6 Å². The Morgan fingerprint density at radius 3 is 2.20 bits per heavy atom. The number of nitrogens with zero attached hydrogens (tertiary/aromatic N) is 2. The molecular formula is C14H31IN4O. The molecule has 0 bridgehead atoms. The first kappa shape index (κ1) is 19.9. The topological polar surface area (TPSA) is 48.9 Å². The van der Waals surface area contributed by atoms with Crippen molar-refractivity contribution in [3.05, 3.63) is 0 Å². The van der Waals surface area contributed by atoms with Crippen molar-refractivity contribution in [1.82, 2.24) is 15.5 Å². The van der Waals surface area contributed by atoms with Gasteiger partial charge in [-0.1, -0.05) is 0 Å². The Balaban J connectivity index is 0.00000361. The predicted molar refractivity (Wildman–Crippen MR) is 96.1 cm³/mol. The summed E-state index contributed by atoms with van der Waals surface area (Å²) in [5, 5.41) is 6.85. The van der Waals surface area contributed by atoms with Crippen molar-refractivity contribution >= 4 is 29.9 Å². The van der Waals surface area contributed by atoms with E-state index in [1.54, 1.807) is 0 Å². The zero-order valence-corrected chi connectivity index (χ0v) is 16.1. The van der Waals surface area contributed by atoms with Gasteiger partial charge in [0.1, 0.15) is 0 Å². The highest BCUT2D eigenvalue weighted by molar-refractivity contribution is 14.0. The highest BCUT2D eigenvalue weighted by Crippen LogP contribution is 2.24. The first-order valence-electron chi connectivity index (χ1n) is 7.03. The molecule has 1 saturated heterocycles. The van der Waals surface area contributed by atoms with Gasteiger partial charge in [-0.2, -0.15) is 0 Å². The lowest BCUT2D eigenvalue weighted by Crippen LogP contribution is -2.58. The molecule has 20 heavy (non-hydrogen) atoms. The summed E-state index contributed by atoms with van der Waals surface area (Å²) in [4.78, 5) is 6.61. The maximum absolute atomic E-state index is 5.49. The van der Waals surface area contributed by atoms with Crippen molar-refractivity contribution in [3.63, 3.8) is 0 Å². The van der Waals surface area contributed by atoms with E-state index in [4.69, 9.17) is 4.74 Å². The van der Waals surface area contributed by atoms with Gasteiger partial charge in [0.15, 0.2) is 5.96 Å². The average Bonchev–Trinajstić information content (AvgIpc) is 2.34. The normalized spacial score (nSPS) is 19.4. The van der Waals surface area contributed by atoms with Crippen LogP contribution in [0.1, 0.15) is 33.6 Å². The van der Waals surface area contributed by atoms with Crippen molar-refractivity contribution in [2.75, 3.05) is 40.9 Å². The molecule has 1 aliphatic heterocycles. The van der Waals surface area contributed by atoms with Crippen molar-refractivity contribution in [2.24, 2.45) is 4.99 Å². The van der Waals surface area contributed by atoms with Crippen LogP contribution in [0.25, 0.3) is 0 Å². The van der Waals surface area contributed by atoms with E-state index < -0.39 is 0 Å². The molecule has 0 amide bonds. The minimum absolute atomic E-state index is 0. The van der Waals surface area contributed by atoms with Gasteiger partial charge in [-0.15, -0.1) is 24.0 Å². The van der Waals surface area contributed by atoms with Gasteiger partial charge in [0.2, 0.25) is 0 Å². The molecule has 120 valence electrons. The second kappa shape index (κ2) is 8.38. The fraction of sp³-hybridized carbons (Fsp3) is 0.929. The molecule has 0 spiro atoms. The van der Waals surface area contributed by atoms with E-state index in [1.165, 1.54) is 0 Å². The Bertz CT molecular complexity index is 307. The molecule has 0 saturated carbocycles. The molecule has 1 fully saturated rings. The van der Waals surface area contributed by atoms with E-state index in [1.807, 2.05) is 7.05 Å². The molecule has 0 aromatic rings. The molecule has 1 heterocycles. The van der Waals surface area contributed by atoms with E-state index in [2.05, 4.69) is 55.4 Å². The molecule has 6 heteroatoms. The Morgan fingerprint density at radius 1 is 1.25 bits per heavy atom. The van der Waals surface area contributed by atoms with E-state index in [0.29, 0.717) is 0 Å². The van der Waals surface area contributed by atoms with Crippen LogP contribution in [0.5, 0.6) is 0 Å². The Kier molecular flexibility index (Phi) is 8.35. The van der Waals surface area contributed by atoms with Crippen LogP contribution in [-0.2, 0) is 4.74 Å². The molecule has 1 rings (SSSR count).